The molecule has 2 aromatic rings. The third-order valence-corrected chi connectivity index (χ3v) is 6.66. The predicted molar refractivity (Wildman–Crippen MR) is 121 cm³/mol. The molecule has 5 nitrogen and oxygen atoms in total. The van der Waals surface area contributed by atoms with Gasteiger partial charge in [0, 0.05) is 19.0 Å². The molecule has 6 heteroatoms. The number of fused-ring (bicyclic) bond motifs is 3. The van der Waals surface area contributed by atoms with E-state index in [1.807, 2.05) is 42.3 Å². The fraction of sp³-hybridized carbons (Fsp3) is 0.417. The van der Waals surface area contributed by atoms with Crippen LogP contribution in [0, 0.1) is 0 Å². The van der Waals surface area contributed by atoms with Crippen molar-refractivity contribution in [3.05, 3.63) is 59.7 Å². The molecule has 158 valence electrons. The van der Waals surface area contributed by atoms with Crippen molar-refractivity contribution in [1.29, 1.82) is 0 Å². The van der Waals surface area contributed by atoms with Gasteiger partial charge in [-0.2, -0.15) is 0 Å². The number of nitrogens with zero attached hydrogens (tertiary/aromatic N) is 2. The molecular weight excluding hydrogens is 396 g/mol. The molecule has 2 aromatic carbocycles. The van der Waals surface area contributed by atoms with Crippen molar-refractivity contribution in [1.82, 2.24) is 9.80 Å². The number of thioether (sulfide) groups is 1. The SMILES string of the molecule is CCN(CSC)C(=O)[C@@H]1CCCN1C(=O)OCC1c2ccccc2-c2ccccc21. The minimum Gasteiger partial charge on any atom is -0.448 e. The third-order valence-electron chi connectivity index (χ3n) is 6.09. The van der Waals surface area contributed by atoms with Gasteiger partial charge in [-0.1, -0.05) is 48.5 Å². The second kappa shape index (κ2) is 9.13. The highest BCUT2D eigenvalue weighted by atomic mass is 32.2. The predicted octanol–water partition coefficient (Wildman–Crippen LogP) is 4.57. The summed E-state index contributed by atoms with van der Waals surface area (Å²) in [5.74, 6) is 0.698. The molecule has 0 spiro atoms. The van der Waals surface area contributed by atoms with Gasteiger partial charge in [0.15, 0.2) is 0 Å². The van der Waals surface area contributed by atoms with E-state index < -0.39 is 6.04 Å². The van der Waals surface area contributed by atoms with Gasteiger partial charge in [-0.05, 0) is 48.3 Å². The lowest BCUT2D eigenvalue weighted by atomic mass is 9.98. The maximum Gasteiger partial charge on any atom is 0.410 e. The average molecular weight is 425 g/mol. The van der Waals surface area contributed by atoms with Crippen LogP contribution in [0.15, 0.2) is 48.5 Å². The fourth-order valence-corrected chi connectivity index (χ4v) is 5.22. The van der Waals surface area contributed by atoms with E-state index in [9.17, 15) is 9.59 Å². The number of rotatable bonds is 6. The van der Waals surface area contributed by atoms with Crippen LogP contribution in [-0.2, 0) is 9.53 Å². The number of carbonyl (C=O) groups is 2. The Balaban J connectivity index is 1.46. The van der Waals surface area contributed by atoms with Gasteiger partial charge in [0.05, 0.1) is 5.88 Å². The minimum absolute atomic E-state index is 0.0258. The van der Waals surface area contributed by atoms with Crippen LogP contribution in [0.2, 0.25) is 0 Å². The number of hydrogen-bond donors (Lipinski definition) is 0. The monoisotopic (exact) mass is 424 g/mol. The smallest absolute Gasteiger partial charge is 0.410 e. The number of likely N-dealkylation sites (N-methyl/N-ethyl adjacent to an activating group) is 1. The topological polar surface area (TPSA) is 49.9 Å². The number of amides is 2. The summed E-state index contributed by atoms with van der Waals surface area (Å²) in [6.45, 7) is 3.48. The molecule has 0 N–H and O–H groups in total. The third kappa shape index (κ3) is 3.81. The Morgan fingerprint density at radius 1 is 1.10 bits per heavy atom. The maximum absolute atomic E-state index is 12.9. The standard InChI is InChI=1S/C24H28N2O3S/c1-3-25(16-30-2)23(27)22-13-8-14-26(22)24(28)29-15-21-19-11-6-4-9-17(19)18-10-5-7-12-20(18)21/h4-7,9-12,21-22H,3,8,13-16H2,1-2H3/t22-/m0/s1. The van der Waals surface area contributed by atoms with Crippen molar-refractivity contribution >= 4 is 23.8 Å². The molecule has 2 amide bonds. The molecule has 30 heavy (non-hydrogen) atoms. The van der Waals surface area contributed by atoms with Gasteiger partial charge in [0.25, 0.3) is 0 Å². The number of likely N-dealkylation sites (tertiary alicyclic amines) is 1. The quantitative estimate of drug-likeness (QED) is 0.638. The lowest BCUT2D eigenvalue weighted by molar-refractivity contribution is -0.134. The molecule has 2 aliphatic rings. The number of hydrogen-bond acceptors (Lipinski definition) is 4. The largest absolute Gasteiger partial charge is 0.448 e. The van der Waals surface area contributed by atoms with Crippen molar-refractivity contribution in [3.8, 4) is 11.1 Å². The Hall–Kier alpha value is -2.47. The van der Waals surface area contributed by atoms with Crippen LogP contribution in [0.3, 0.4) is 0 Å². The van der Waals surface area contributed by atoms with Crippen molar-refractivity contribution in [2.45, 2.75) is 31.7 Å². The molecule has 1 aliphatic carbocycles. The van der Waals surface area contributed by atoms with Gasteiger partial charge in [-0.3, -0.25) is 9.69 Å². The van der Waals surface area contributed by atoms with Crippen LogP contribution in [0.5, 0.6) is 0 Å². The van der Waals surface area contributed by atoms with E-state index in [-0.39, 0.29) is 24.5 Å². The van der Waals surface area contributed by atoms with E-state index in [1.165, 1.54) is 22.3 Å². The molecule has 1 aliphatic heterocycles. The Bertz CT molecular complexity index is 887. The molecule has 0 saturated carbocycles. The fourth-order valence-electron chi connectivity index (χ4n) is 4.60. The maximum atomic E-state index is 12.9. The molecule has 0 bridgehead atoms. The summed E-state index contributed by atoms with van der Waals surface area (Å²) in [6, 6.07) is 16.2. The van der Waals surface area contributed by atoms with Crippen molar-refractivity contribution in [2.75, 3.05) is 31.8 Å². The second-order valence-electron chi connectivity index (χ2n) is 7.77. The van der Waals surface area contributed by atoms with Gasteiger partial charge in [0.1, 0.15) is 12.6 Å². The van der Waals surface area contributed by atoms with E-state index >= 15 is 0 Å². The molecule has 4 rings (SSSR count). The normalized spacial score (nSPS) is 17.5. The molecule has 1 saturated heterocycles. The van der Waals surface area contributed by atoms with E-state index in [0.29, 0.717) is 25.4 Å². The highest BCUT2D eigenvalue weighted by Gasteiger charge is 2.38. The molecule has 0 unspecified atom stereocenters. The molecule has 1 heterocycles. The number of benzene rings is 2. The van der Waals surface area contributed by atoms with E-state index in [1.54, 1.807) is 16.7 Å². The lowest BCUT2D eigenvalue weighted by Crippen LogP contribution is -2.48. The Morgan fingerprint density at radius 2 is 1.73 bits per heavy atom. The summed E-state index contributed by atoms with van der Waals surface area (Å²) in [7, 11) is 0. The van der Waals surface area contributed by atoms with Gasteiger partial charge >= 0.3 is 6.09 Å². The first-order chi connectivity index (χ1) is 14.7. The second-order valence-corrected chi connectivity index (χ2v) is 8.60. The van der Waals surface area contributed by atoms with Crippen LogP contribution >= 0.6 is 11.8 Å². The average Bonchev–Trinajstić information content (AvgIpc) is 3.39. The van der Waals surface area contributed by atoms with Crippen LogP contribution in [0.25, 0.3) is 11.1 Å². The van der Waals surface area contributed by atoms with Gasteiger partial charge < -0.3 is 9.64 Å². The van der Waals surface area contributed by atoms with Crippen molar-refractivity contribution < 1.29 is 14.3 Å². The first-order valence-corrected chi connectivity index (χ1v) is 11.9. The minimum atomic E-state index is -0.409. The summed E-state index contributed by atoms with van der Waals surface area (Å²) in [5, 5.41) is 0. The highest BCUT2D eigenvalue weighted by molar-refractivity contribution is 7.98. The van der Waals surface area contributed by atoms with Crippen LogP contribution in [-0.4, -0.2) is 59.7 Å². The zero-order valence-electron chi connectivity index (χ0n) is 17.5. The zero-order valence-corrected chi connectivity index (χ0v) is 18.4. The Labute approximate surface area is 182 Å². The summed E-state index contributed by atoms with van der Waals surface area (Å²) < 4.78 is 5.79. The molecule has 0 aromatic heterocycles. The first kappa shape index (κ1) is 20.8. The summed E-state index contributed by atoms with van der Waals surface area (Å²) in [6.07, 6.45) is 3.13. The number of carbonyl (C=O) groups excluding carboxylic acids is 2. The van der Waals surface area contributed by atoms with Crippen LogP contribution in [0.4, 0.5) is 4.79 Å². The van der Waals surface area contributed by atoms with Crippen LogP contribution in [0.1, 0.15) is 36.8 Å². The summed E-state index contributed by atoms with van der Waals surface area (Å²) in [5.41, 5.74) is 4.80. The first-order valence-electron chi connectivity index (χ1n) is 10.5. The van der Waals surface area contributed by atoms with Gasteiger partial charge in [-0.15, -0.1) is 11.8 Å². The van der Waals surface area contributed by atoms with E-state index in [2.05, 4.69) is 24.3 Å². The lowest BCUT2D eigenvalue weighted by Gasteiger charge is -2.29. The number of ether oxygens (including phenoxy) is 1. The molecular formula is C24H28N2O3S. The van der Waals surface area contributed by atoms with Crippen molar-refractivity contribution in [2.24, 2.45) is 0 Å². The van der Waals surface area contributed by atoms with E-state index in [4.69, 9.17) is 4.74 Å². The summed E-state index contributed by atoms with van der Waals surface area (Å²) >= 11 is 1.62. The van der Waals surface area contributed by atoms with Gasteiger partial charge in [0.2, 0.25) is 5.91 Å². The Morgan fingerprint density at radius 3 is 2.33 bits per heavy atom. The molecule has 0 radical (unpaired) electrons. The molecule has 1 fully saturated rings. The Kier molecular flexibility index (Phi) is 6.32. The van der Waals surface area contributed by atoms with E-state index in [0.717, 1.165) is 6.42 Å². The van der Waals surface area contributed by atoms with Crippen LogP contribution < -0.4 is 0 Å². The van der Waals surface area contributed by atoms with Crippen molar-refractivity contribution in [3.63, 3.8) is 0 Å². The zero-order chi connectivity index (χ0) is 21.1. The molecule has 1 atom stereocenters. The highest BCUT2D eigenvalue weighted by Crippen LogP contribution is 2.44. The van der Waals surface area contributed by atoms with Gasteiger partial charge in [-0.25, -0.2) is 4.79 Å². The summed E-state index contributed by atoms with van der Waals surface area (Å²) in [4.78, 5) is 29.3.